The molecule has 0 radical (unpaired) electrons. The summed E-state index contributed by atoms with van der Waals surface area (Å²) in [7, 11) is 1.52. The lowest BCUT2D eigenvalue weighted by Crippen LogP contribution is -2.35. The van der Waals surface area contributed by atoms with Gasteiger partial charge in [-0.1, -0.05) is 41.9 Å². The Bertz CT molecular complexity index is 1050. The fourth-order valence-electron chi connectivity index (χ4n) is 3.17. The van der Waals surface area contributed by atoms with E-state index in [4.69, 9.17) is 16.3 Å². The predicted molar refractivity (Wildman–Crippen MR) is 107 cm³/mol. The summed E-state index contributed by atoms with van der Waals surface area (Å²) in [5.41, 5.74) is 2.18. The summed E-state index contributed by atoms with van der Waals surface area (Å²) in [4.78, 5) is 25.1. The first kappa shape index (κ1) is 18.1. The van der Waals surface area contributed by atoms with Gasteiger partial charge in [0.25, 0.3) is 0 Å². The highest BCUT2D eigenvalue weighted by molar-refractivity contribution is 6.32. The molecule has 142 valence electrons. The molecule has 0 spiro atoms. The molecule has 2 amide bonds. The number of rotatable bonds is 4. The second kappa shape index (κ2) is 7.36. The van der Waals surface area contributed by atoms with Gasteiger partial charge in [-0.3, -0.25) is 9.59 Å². The van der Waals surface area contributed by atoms with Crippen molar-refractivity contribution in [2.24, 2.45) is 0 Å². The SMILES string of the molecule is COc1ccc(NC(=O)[C@@H]2CC(=O)Nc3c(-c4ccccc4)cnn32)cc1Cl. The molecule has 0 saturated carbocycles. The fraction of sp³-hybridized carbons (Fsp3) is 0.150. The molecular formula is C20H17ClN4O3. The van der Waals surface area contributed by atoms with Crippen LogP contribution in [0.25, 0.3) is 11.1 Å². The van der Waals surface area contributed by atoms with Crippen LogP contribution in [0, 0.1) is 0 Å². The van der Waals surface area contributed by atoms with Gasteiger partial charge >= 0.3 is 0 Å². The first-order chi connectivity index (χ1) is 13.6. The third-order valence-electron chi connectivity index (χ3n) is 4.53. The topological polar surface area (TPSA) is 85.2 Å². The molecule has 0 saturated heterocycles. The van der Waals surface area contributed by atoms with Crippen LogP contribution in [0.4, 0.5) is 11.5 Å². The zero-order valence-electron chi connectivity index (χ0n) is 15.0. The van der Waals surface area contributed by atoms with E-state index in [9.17, 15) is 9.59 Å². The van der Waals surface area contributed by atoms with Crippen molar-refractivity contribution in [3.63, 3.8) is 0 Å². The number of nitrogens with zero attached hydrogens (tertiary/aromatic N) is 2. The van der Waals surface area contributed by atoms with Crippen molar-refractivity contribution in [2.45, 2.75) is 12.5 Å². The highest BCUT2D eigenvalue weighted by Gasteiger charge is 2.33. The molecular weight excluding hydrogens is 380 g/mol. The highest BCUT2D eigenvalue weighted by atomic mass is 35.5. The molecule has 0 fully saturated rings. The number of amides is 2. The number of ether oxygens (including phenoxy) is 1. The first-order valence-electron chi connectivity index (χ1n) is 8.64. The standard InChI is InChI=1S/C20H17ClN4O3/c1-28-17-8-7-13(9-15(17)21)23-20(27)16-10-18(26)24-19-14(11-22-25(16)19)12-5-3-2-4-6-12/h2-9,11,16H,10H2,1H3,(H,23,27)(H,24,26)/t16-/m0/s1. The summed E-state index contributed by atoms with van der Waals surface area (Å²) < 4.78 is 6.66. The van der Waals surface area contributed by atoms with Crippen LogP contribution in [0.3, 0.4) is 0 Å². The molecule has 0 bridgehead atoms. The number of halogens is 1. The van der Waals surface area contributed by atoms with E-state index in [1.54, 1.807) is 29.1 Å². The molecule has 1 aromatic heterocycles. The average molecular weight is 397 g/mol. The van der Waals surface area contributed by atoms with Crippen LogP contribution in [0.5, 0.6) is 5.75 Å². The van der Waals surface area contributed by atoms with Gasteiger partial charge in [0.05, 0.1) is 24.8 Å². The van der Waals surface area contributed by atoms with Gasteiger partial charge in [0.1, 0.15) is 17.6 Å². The van der Waals surface area contributed by atoms with E-state index in [2.05, 4.69) is 15.7 Å². The van der Waals surface area contributed by atoms with Crippen LogP contribution in [-0.4, -0.2) is 28.7 Å². The number of carbonyl (C=O) groups is 2. The summed E-state index contributed by atoms with van der Waals surface area (Å²) in [6.07, 6.45) is 1.65. The molecule has 2 heterocycles. The van der Waals surface area contributed by atoms with Crippen LogP contribution < -0.4 is 15.4 Å². The summed E-state index contributed by atoms with van der Waals surface area (Å²) in [6, 6.07) is 13.8. The van der Waals surface area contributed by atoms with Gasteiger partial charge in [-0.15, -0.1) is 0 Å². The van der Waals surface area contributed by atoms with Crippen LogP contribution in [-0.2, 0) is 9.59 Å². The predicted octanol–water partition coefficient (Wildman–Crippen LogP) is 3.73. The van der Waals surface area contributed by atoms with E-state index in [0.717, 1.165) is 11.1 Å². The van der Waals surface area contributed by atoms with Crippen molar-refractivity contribution in [1.29, 1.82) is 0 Å². The molecule has 7 nitrogen and oxygen atoms in total. The Morgan fingerprint density at radius 1 is 1.29 bits per heavy atom. The van der Waals surface area contributed by atoms with E-state index in [0.29, 0.717) is 22.3 Å². The molecule has 4 rings (SSSR count). The fourth-order valence-corrected chi connectivity index (χ4v) is 3.43. The minimum Gasteiger partial charge on any atom is -0.495 e. The Kier molecular flexibility index (Phi) is 4.75. The van der Waals surface area contributed by atoms with Crippen molar-refractivity contribution in [3.8, 4) is 16.9 Å². The quantitative estimate of drug-likeness (QED) is 0.703. The normalized spacial score (nSPS) is 15.5. The van der Waals surface area contributed by atoms with Crippen molar-refractivity contribution >= 4 is 34.9 Å². The number of anilines is 2. The van der Waals surface area contributed by atoms with Crippen LogP contribution in [0.1, 0.15) is 12.5 Å². The Balaban J connectivity index is 1.63. The van der Waals surface area contributed by atoms with E-state index < -0.39 is 6.04 Å². The molecule has 2 N–H and O–H groups in total. The second-order valence-corrected chi connectivity index (χ2v) is 6.73. The molecule has 1 aliphatic rings. The Hall–Kier alpha value is -3.32. The van der Waals surface area contributed by atoms with Gasteiger partial charge in [0.2, 0.25) is 11.8 Å². The summed E-state index contributed by atoms with van der Waals surface area (Å²) in [5, 5.41) is 10.4. The number of benzene rings is 2. The highest BCUT2D eigenvalue weighted by Crippen LogP contribution is 2.34. The zero-order valence-corrected chi connectivity index (χ0v) is 15.7. The Morgan fingerprint density at radius 3 is 2.79 bits per heavy atom. The number of fused-ring (bicyclic) bond motifs is 1. The third kappa shape index (κ3) is 3.32. The van der Waals surface area contributed by atoms with Crippen LogP contribution in [0.15, 0.2) is 54.7 Å². The van der Waals surface area contributed by atoms with Crippen molar-refractivity contribution in [1.82, 2.24) is 9.78 Å². The molecule has 3 aromatic rings. The minimum absolute atomic E-state index is 0.00136. The first-order valence-corrected chi connectivity index (χ1v) is 9.02. The minimum atomic E-state index is -0.762. The molecule has 0 unspecified atom stereocenters. The maximum Gasteiger partial charge on any atom is 0.249 e. The van der Waals surface area contributed by atoms with Crippen molar-refractivity contribution in [2.75, 3.05) is 17.7 Å². The maximum absolute atomic E-state index is 12.9. The van der Waals surface area contributed by atoms with Crippen LogP contribution in [0.2, 0.25) is 5.02 Å². The van der Waals surface area contributed by atoms with Gasteiger partial charge in [-0.05, 0) is 23.8 Å². The monoisotopic (exact) mass is 396 g/mol. The van der Waals surface area contributed by atoms with Crippen molar-refractivity contribution < 1.29 is 14.3 Å². The van der Waals surface area contributed by atoms with E-state index in [1.807, 2.05) is 30.3 Å². The smallest absolute Gasteiger partial charge is 0.249 e. The van der Waals surface area contributed by atoms with E-state index in [-0.39, 0.29) is 18.2 Å². The lowest BCUT2D eigenvalue weighted by atomic mass is 10.1. The third-order valence-corrected chi connectivity index (χ3v) is 4.83. The van der Waals surface area contributed by atoms with Gasteiger partial charge in [-0.25, -0.2) is 4.68 Å². The number of nitrogens with one attached hydrogen (secondary N) is 2. The van der Waals surface area contributed by atoms with Crippen LogP contribution >= 0.6 is 11.6 Å². The molecule has 28 heavy (non-hydrogen) atoms. The number of hydrogen-bond donors (Lipinski definition) is 2. The maximum atomic E-state index is 12.9. The van der Waals surface area contributed by atoms with Gasteiger partial charge in [0, 0.05) is 11.3 Å². The van der Waals surface area contributed by atoms with Gasteiger partial charge < -0.3 is 15.4 Å². The zero-order chi connectivity index (χ0) is 19.7. The van der Waals surface area contributed by atoms with E-state index in [1.165, 1.54) is 7.11 Å². The summed E-state index contributed by atoms with van der Waals surface area (Å²) in [5.74, 6) is 0.437. The summed E-state index contributed by atoms with van der Waals surface area (Å²) >= 11 is 6.12. The largest absolute Gasteiger partial charge is 0.495 e. The van der Waals surface area contributed by atoms with Gasteiger partial charge in [0.15, 0.2) is 0 Å². The Morgan fingerprint density at radius 2 is 2.07 bits per heavy atom. The number of hydrogen-bond acceptors (Lipinski definition) is 4. The molecule has 0 aliphatic carbocycles. The van der Waals surface area contributed by atoms with Crippen molar-refractivity contribution in [3.05, 3.63) is 59.8 Å². The van der Waals surface area contributed by atoms with E-state index >= 15 is 0 Å². The molecule has 2 aromatic carbocycles. The molecule has 1 atom stereocenters. The number of aromatic nitrogens is 2. The lowest BCUT2D eigenvalue weighted by molar-refractivity contribution is -0.125. The lowest BCUT2D eigenvalue weighted by Gasteiger charge is -2.24. The number of carbonyl (C=O) groups excluding carboxylic acids is 2. The Labute approximate surface area is 166 Å². The van der Waals surface area contributed by atoms with Gasteiger partial charge in [-0.2, -0.15) is 5.10 Å². The second-order valence-electron chi connectivity index (χ2n) is 6.32. The molecule has 8 heteroatoms. The molecule has 1 aliphatic heterocycles. The summed E-state index contributed by atoms with van der Waals surface area (Å²) in [6.45, 7) is 0. The number of methoxy groups -OCH3 is 1. The average Bonchev–Trinajstić information content (AvgIpc) is 3.11.